The Bertz CT molecular complexity index is 511. The molecule has 3 heteroatoms. The predicted molar refractivity (Wildman–Crippen MR) is 64.9 cm³/mol. The van der Waals surface area contributed by atoms with Gasteiger partial charge in [-0.25, -0.2) is 0 Å². The van der Waals surface area contributed by atoms with Crippen LogP contribution in [0.5, 0.6) is 0 Å². The fraction of sp³-hybridized carbons (Fsp3) is 0.429. The van der Waals surface area contributed by atoms with Crippen LogP contribution in [0.4, 0.5) is 0 Å². The van der Waals surface area contributed by atoms with E-state index in [2.05, 4.69) is 17.6 Å². The van der Waals surface area contributed by atoms with Crippen molar-refractivity contribution < 1.29 is 9.52 Å². The maximum absolute atomic E-state index is 9.99. The Labute approximate surface area is 101 Å². The molecule has 0 aliphatic heterocycles. The first-order chi connectivity index (χ1) is 8.25. The van der Waals surface area contributed by atoms with Crippen molar-refractivity contribution in [3.63, 3.8) is 0 Å². The Balaban J connectivity index is 1.99. The molecular weight excluding hydrogens is 214 g/mol. The minimum Gasteiger partial charge on any atom is -0.472 e. The van der Waals surface area contributed by atoms with Gasteiger partial charge in [-0.2, -0.15) is 0 Å². The number of aliphatic hydroxyl groups excluding tert-OH is 1. The van der Waals surface area contributed by atoms with Crippen LogP contribution in [0.1, 0.15) is 41.5 Å². The molecule has 0 fully saturated rings. The normalized spacial score (nSPS) is 19.3. The van der Waals surface area contributed by atoms with Crippen molar-refractivity contribution in [1.82, 2.24) is 4.57 Å². The molecular formula is C14H17NO2. The molecule has 2 aromatic rings. The molecule has 0 amide bonds. The molecule has 1 unspecified atom stereocenters. The summed E-state index contributed by atoms with van der Waals surface area (Å²) in [4.78, 5) is 0. The molecule has 2 heterocycles. The summed E-state index contributed by atoms with van der Waals surface area (Å²) in [5, 5.41) is 9.99. The molecule has 1 aliphatic rings. The number of hydrogen-bond acceptors (Lipinski definition) is 2. The minimum absolute atomic E-state index is 0.275. The number of fused-ring (bicyclic) bond motifs is 1. The number of aromatic nitrogens is 1. The van der Waals surface area contributed by atoms with Crippen LogP contribution in [-0.2, 0) is 13.0 Å². The Morgan fingerprint density at radius 1 is 1.53 bits per heavy atom. The van der Waals surface area contributed by atoms with Gasteiger partial charge in [-0.05, 0) is 38.3 Å². The molecule has 90 valence electrons. The van der Waals surface area contributed by atoms with E-state index >= 15 is 0 Å². The third-order valence-electron chi connectivity index (χ3n) is 3.62. The van der Waals surface area contributed by atoms with Crippen LogP contribution >= 0.6 is 0 Å². The number of furan rings is 1. The van der Waals surface area contributed by atoms with Gasteiger partial charge in [0.15, 0.2) is 0 Å². The van der Waals surface area contributed by atoms with E-state index in [0.29, 0.717) is 0 Å². The van der Waals surface area contributed by atoms with Crippen LogP contribution in [0, 0.1) is 6.92 Å². The molecule has 2 aromatic heterocycles. The number of rotatable bonds is 2. The zero-order chi connectivity index (χ0) is 11.8. The largest absolute Gasteiger partial charge is 0.472 e. The van der Waals surface area contributed by atoms with E-state index in [9.17, 15) is 5.11 Å². The van der Waals surface area contributed by atoms with Gasteiger partial charge in [0.05, 0.1) is 25.2 Å². The number of aliphatic hydroxyl groups is 1. The third kappa shape index (κ3) is 1.80. The zero-order valence-electron chi connectivity index (χ0n) is 10.0. The molecule has 0 saturated carbocycles. The maximum Gasteiger partial charge on any atom is 0.0952 e. The quantitative estimate of drug-likeness (QED) is 0.863. The topological polar surface area (TPSA) is 38.3 Å². The Morgan fingerprint density at radius 2 is 2.41 bits per heavy atom. The van der Waals surface area contributed by atoms with E-state index in [1.54, 1.807) is 12.5 Å². The lowest BCUT2D eigenvalue weighted by Gasteiger charge is -2.20. The lowest BCUT2D eigenvalue weighted by molar-refractivity contribution is 0.156. The second-order valence-electron chi connectivity index (χ2n) is 4.81. The van der Waals surface area contributed by atoms with Crippen LogP contribution in [-0.4, -0.2) is 9.67 Å². The van der Waals surface area contributed by atoms with Gasteiger partial charge in [-0.3, -0.25) is 0 Å². The molecule has 0 radical (unpaired) electrons. The first kappa shape index (κ1) is 10.7. The SMILES string of the molecule is Cc1cc2c(n1Cc1ccoc1)CCCC2O. The van der Waals surface area contributed by atoms with Gasteiger partial charge in [0.1, 0.15) is 0 Å². The third-order valence-corrected chi connectivity index (χ3v) is 3.62. The van der Waals surface area contributed by atoms with Gasteiger partial charge in [0.2, 0.25) is 0 Å². The molecule has 1 N–H and O–H groups in total. The average Bonchev–Trinajstić information content (AvgIpc) is 2.91. The molecule has 3 nitrogen and oxygen atoms in total. The van der Waals surface area contributed by atoms with Crippen LogP contribution in [0.3, 0.4) is 0 Å². The molecule has 3 rings (SSSR count). The molecule has 17 heavy (non-hydrogen) atoms. The van der Waals surface area contributed by atoms with E-state index in [1.165, 1.54) is 17.0 Å². The molecule has 0 bridgehead atoms. The van der Waals surface area contributed by atoms with Crippen molar-refractivity contribution in [3.05, 3.63) is 47.2 Å². The first-order valence-corrected chi connectivity index (χ1v) is 6.14. The van der Waals surface area contributed by atoms with E-state index in [-0.39, 0.29) is 6.10 Å². The standard InChI is InChI=1S/C14H17NO2/c1-10-7-12-13(3-2-4-14(12)16)15(10)8-11-5-6-17-9-11/h5-7,9,14,16H,2-4,8H2,1H3. The summed E-state index contributed by atoms with van der Waals surface area (Å²) in [5.41, 5.74) is 4.81. The summed E-state index contributed by atoms with van der Waals surface area (Å²) in [5.74, 6) is 0. The molecule has 0 spiro atoms. The predicted octanol–water partition coefficient (Wildman–Crippen LogP) is 2.81. The average molecular weight is 231 g/mol. The Morgan fingerprint density at radius 3 is 3.18 bits per heavy atom. The van der Waals surface area contributed by atoms with Gasteiger partial charge in [-0.15, -0.1) is 0 Å². The lowest BCUT2D eigenvalue weighted by atomic mass is 9.95. The van der Waals surface area contributed by atoms with Gasteiger partial charge in [-0.1, -0.05) is 0 Å². The summed E-state index contributed by atoms with van der Waals surface area (Å²) in [7, 11) is 0. The highest BCUT2D eigenvalue weighted by molar-refractivity contribution is 5.32. The lowest BCUT2D eigenvalue weighted by Crippen LogP contribution is -2.12. The van der Waals surface area contributed by atoms with Gasteiger partial charge < -0.3 is 14.1 Å². The summed E-state index contributed by atoms with van der Waals surface area (Å²) in [6.45, 7) is 2.94. The van der Waals surface area contributed by atoms with Crippen molar-refractivity contribution in [3.8, 4) is 0 Å². The molecule has 1 aliphatic carbocycles. The number of hydrogen-bond donors (Lipinski definition) is 1. The molecule has 1 atom stereocenters. The van der Waals surface area contributed by atoms with Gasteiger partial charge in [0.25, 0.3) is 0 Å². The van der Waals surface area contributed by atoms with Crippen molar-refractivity contribution in [2.45, 2.75) is 38.8 Å². The highest BCUT2D eigenvalue weighted by atomic mass is 16.3. The summed E-state index contributed by atoms with van der Waals surface area (Å²) >= 11 is 0. The van der Waals surface area contributed by atoms with E-state index in [0.717, 1.165) is 31.4 Å². The number of aryl methyl sites for hydroxylation is 1. The second kappa shape index (κ2) is 4.08. The van der Waals surface area contributed by atoms with Crippen LogP contribution in [0.15, 0.2) is 29.1 Å². The highest BCUT2D eigenvalue weighted by Gasteiger charge is 2.22. The number of nitrogens with zero attached hydrogens (tertiary/aromatic N) is 1. The summed E-state index contributed by atoms with van der Waals surface area (Å²) in [6, 6.07) is 4.12. The summed E-state index contributed by atoms with van der Waals surface area (Å²) in [6.07, 6.45) is 6.24. The van der Waals surface area contributed by atoms with Crippen LogP contribution < -0.4 is 0 Å². The van der Waals surface area contributed by atoms with E-state index < -0.39 is 0 Å². The fourth-order valence-electron chi connectivity index (χ4n) is 2.73. The van der Waals surface area contributed by atoms with E-state index in [4.69, 9.17) is 4.42 Å². The minimum atomic E-state index is -0.275. The fourth-order valence-corrected chi connectivity index (χ4v) is 2.73. The zero-order valence-corrected chi connectivity index (χ0v) is 10.0. The van der Waals surface area contributed by atoms with Crippen molar-refractivity contribution >= 4 is 0 Å². The first-order valence-electron chi connectivity index (χ1n) is 6.14. The monoisotopic (exact) mass is 231 g/mol. The van der Waals surface area contributed by atoms with E-state index in [1.807, 2.05) is 6.07 Å². The maximum atomic E-state index is 9.99. The van der Waals surface area contributed by atoms with Crippen LogP contribution in [0.25, 0.3) is 0 Å². The molecule has 0 aromatic carbocycles. The Hall–Kier alpha value is -1.48. The summed E-state index contributed by atoms with van der Waals surface area (Å²) < 4.78 is 7.40. The van der Waals surface area contributed by atoms with Crippen molar-refractivity contribution in [2.75, 3.05) is 0 Å². The molecule has 0 saturated heterocycles. The smallest absolute Gasteiger partial charge is 0.0952 e. The van der Waals surface area contributed by atoms with Crippen molar-refractivity contribution in [1.29, 1.82) is 0 Å². The van der Waals surface area contributed by atoms with Crippen LogP contribution in [0.2, 0.25) is 0 Å². The van der Waals surface area contributed by atoms with Crippen molar-refractivity contribution in [2.24, 2.45) is 0 Å². The Kier molecular flexibility index (Phi) is 2.56. The van der Waals surface area contributed by atoms with Gasteiger partial charge in [0, 0.05) is 22.5 Å². The van der Waals surface area contributed by atoms with Gasteiger partial charge >= 0.3 is 0 Å². The highest BCUT2D eigenvalue weighted by Crippen LogP contribution is 2.32. The second-order valence-corrected chi connectivity index (χ2v) is 4.81.